The lowest BCUT2D eigenvalue weighted by Gasteiger charge is -2.32. The molecule has 0 spiro atoms. The summed E-state index contributed by atoms with van der Waals surface area (Å²) in [4.78, 5) is 47.7. The van der Waals surface area contributed by atoms with E-state index < -0.39 is 6.04 Å². The third-order valence-corrected chi connectivity index (χ3v) is 13.4. The van der Waals surface area contributed by atoms with E-state index in [2.05, 4.69) is 54.9 Å². The molecule has 9 rings (SSSR count). The molecular weight excluding hydrogens is 770 g/mol. The summed E-state index contributed by atoms with van der Waals surface area (Å²) in [6.07, 6.45) is 9.84. The number of aryl methyl sites for hydroxylation is 2. The minimum atomic E-state index is -0.586. The Morgan fingerprint density at radius 2 is 1.78 bits per heavy atom. The molecule has 14 heteroatoms. The second-order valence-electron chi connectivity index (χ2n) is 15.7. The first-order chi connectivity index (χ1) is 28.2. The lowest BCUT2D eigenvalue weighted by molar-refractivity contribution is -0.136. The maximum Gasteiger partial charge on any atom is 0.255 e. The van der Waals surface area contributed by atoms with Crippen LogP contribution in [0.1, 0.15) is 98.8 Å². The smallest absolute Gasteiger partial charge is 0.255 e. The molecule has 1 N–H and O–H groups in total. The van der Waals surface area contributed by atoms with E-state index in [-0.39, 0.29) is 24.1 Å². The Bertz CT molecular complexity index is 2520. The SMILES string of the molecule is Cc1c(C#Cc2cnn(CCCCN3CCC(Cc4cccc5c4CN(C4CCC(=O)NC4=O)C5=O)CC3)c2)sc2c1C(c1ccc(Cl)cc1)=NCc1nnc(C)n1-2. The van der Waals surface area contributed by atoms with Crippen molar-refractivity contribution in [3.8, 4) is 16.8 Å². The summed E-state index contributed by atoms with van der Waals surface area (Å²) in [5, 5.41) is 17.5. The van der Waals surface area contributed by atoms with Crippen molar-refractivity contribution in [2.24, 2.45) is 10.9 Å². The van der Waals surface area contributed by atoms with Crippen LogP contribution in [0.25, 0.3) is 5.00 Å². The number of thiophene rings is 1. The standard InChI is InChI=1S/C44H44ClN9O3S/c1-27-37(58-44-40(27)41(31-9-11-33(45)12-10-31)46-24-38-50-49-28(2)54(38)44)14-8-30-23-47-52(25-30)19-4-3-18-51-20-16-29(17-21-51)22-32-6-5-7-34-35(32)26-53(43(34)57)36-13-15-39(55)48-42(36)56/h5-7,9-12,23,25,29,36H,3-4,13,15-22,24,26H2,1-2H3,(H,48,55,56). The summed E-state index contributed by atoms with van der Waals surface area (Å²) in [6.45, 7) is 9.00. The van der Waals surface area contributed by atoms with Crippen LogP contribution in [0.4, 0.5) is 0 Å². The van der Waals surface area contributed by atoms with Crippen molar-refractivity contribution in [1.82, 2.24) is 39.7 Å². The molecule has 0 bridgehead atoms. The fraction of sp³-hybridized carbons (Fsp3) is 0.386. The molecule has 0 aliphatic carbocycles. The summed E-state index contributed by atoms with van der Waals surface area (Å²) in [5.74, 6) is 8.25. The van der Waals surface area contributed by atoms with Gasteiger partial charge in [-0.15, -0.1) is 21.5 Å². The van der Waals surface area contributed by atoms with Crippen molar-refractivity contribution in [3.63, 3.8) is 0 Å². The Morgan fingerprint density at radius 3 is 2.59 bits per heavy atom. The monoisotopic (exact) mass is 813 g/mol. The highest BCUT2D eigenvalue weighted by atomic mass is 35.5. The predicted molar refractivity (Wildman–Crippen MR) is 222 cm³/mol. The Morgan fingerprint density at radius 1 is 0.966 bits per heavy atom. The quantitative estimate of drug-likeness (QED) is 0.109. The van der Waals surface area contributed by atoms with Crippen LogP contribution in [0, 0.1) is 31.6 Å². The van der Waals surface area contributed by atoms with E-state index in [1.165, 1.54) is 5.56 Å². The van der Waals surface area contributed by atoms with Crippen LogP contribution in [0.2, 0.25) is 5.02 Å². The lowest BCUT2D eigenvalue weighted by atomic mass is 9.87. The zero-order chi connectivity index (χ0) is 39.9. The van der Waals surface area contributed by atoms with E-state index in [0.717, 1.165) is 113 Å². The van der Waals surface area contributed by atoms with Crippen molar-refractivity contribution in [1.29, 1.82) is 0 Å². The Kier molecular flexibility index (Phi) is 10.6. The maximum absolute atomic E-state index is 13.3. The van der Waals surface area contributed by atoms with E-state index in [0.29, 0.717) is 36.0 Å². The van der Waals surface area contributed by atoms with Crippen molar-refractivity contribution in [2.45, 2.75) is 84.5 Å². The number of carbonyl (C=O) groups is 3. The second kappa shape index (κ2) is 16.1. The number of nitrogens with one attached hydrogen (secondary N) is 1. The summed E-state index contributed by atoms with van der Waals surface area (Å²) in [7, 11) is 0. The van der Waals surface area contributed by atoms with E-state index in [4.69, 9.17) is 16.6 Å². The highest BCUT2D eigenvalue weighted by Crippen LogP contribution is 2.37. The summed E-state index contributed by atoms with van der Waals surface area (Å²) >= 11 is 7.86. The highest BCUT2D eigenvalue weighted by Gasteiger charge is 2.40. The third kappa shape index (κ3) is 7.52. The van der Waals surface area contributed by atoms with Crippen LogP contribution in [-0.2, 0) is 35.6 Å². The van der Waals surface area contributed by atoms with Crippen LogP contribution in [0.15, 0.2) is 59.9 Å². The van der Waals surface area contributed by atoms with Gasteiger partial charge in [-0.1, -0.05) is 47.7 Å². The minimum Gasteiger partial charge on any atom is -0.322 e. The first-order valence-electron chi connectivity index (χ1n) is 20.1. The molecule has 58 heavy (non-hydrogen) atoms. The molecule has 2 saturated heterocycles. The number of halogens is 1. The fourth-order valence-electron chi connectivity index (χ4n) is 8.75. The van der Waals surface area contributed by atoms with E-state index in [9.17, 15) is 14.4 Å². The van der Waals surface area contributed by atoms with E-state index >= 15 is 0 Å². The summed E-state index contributed by atoms with van der Waals surface area (Å²) in [6, 6.07) is 13.2. The van der Waals surface area contributed by atoms with Gasteiger partial charge in [-0.2, -0.15) is 5.10 Å². The van der Waals surface area contributed by atoms with Gasteiger partial charge in [-0.05, 0) is 113 Å². The van der Waals surface area contributed by atoms with Gasteiger partial charge < -0.3 is 9.80 Å². The lowest BCUT2D eigenvalue weighted by Crippen LogP contribution is -2.52. The number of hydrogen-bond acceptors (Lipinski definition) is 9. The van der Waals surface area contributed by atoms with Crippen molar-refractivity contribution < 1.29 is 14.4 Å². The molecule has 3 aromatic heterocycles. The number of benzene rings is 2. The largest absolute Gasteiger partial charge is 0.322 e. The zero-order valence-corrected chi connectivity index (χ0v) is 34.2. The Labute approximate surface area is 346 Å². The van der Waals surface area contributed by atoms with Gasteiger partial charge in [0, 0.05) is 47.4 Å². The number of hydrogen-bond donors (Lipinski definition) is 1. The van der Waals surface area contributed by atoms with Gasteiger partial charge in [0.25, 0.3) is 5.91 Å². The van der Waals surface area contributed by atoms with Crippen LogP contribution < -0.4 is 5.32 Å². The molecule has 12 nitrogen and oxygen atoms in total. The molecule has 5 aromatic rings. The van der Waals surface area contributed by atoms with Crippen LogP contribution >= 0.6 is 22.9 Å². The molecule has 1 unspecified atom stereocenters. The zero-order valence-electron chi connectivity index (χ0n) is 32.6. The van der Waals surface area contributed by atoms with Crippen molar-refractivity contribution in [2.75, 3.05) is 19.6 Å². The number of aromatic nitrogens is 5. The Balaban J connectivity index is 0.770. The van der Waals surface area contributed by atoms with Crippen LogP contribution in [0.5, 0.6) is 0 Å². The van der Waals surface area contributed by atoms with Crippen LogP contribution in [-0.4, -0.2) is 83.5 Å². The van der Waals surface area contributed by atoms with E-state index in [1.807, 2.05) is 60.4 Å². The number of piperidine rings is 2. The van der Waals surface area contributed by atoms with Gasteiger partial charge in [0.05, 0.1) is 22.3 Å². The average molecular weight is 814 g/mol. The minimum absolute atomic E-state index is 0.106. The molecule has 3 amide bonds. The first kappa shape index (κ1) is 38.1. The van der Waals surface area contributed by atoms with Gasteiger partial charge in [0.2, 0.25) is 11.8 Å². The molecule has 4 aliphatic heterocycles. The molecule has 0 radical (unpaired) electrons. The molecule has 1 atom stereocenters. The van der Waals surface area contributed by atoms with Gasteiger partial charge >= 0.3 is 0 Å². The number of nitrogens with zero attached hydrogens (tertiary/aromatic N) is 8. The number of amides is 3. The number of aliphatic imine (C=N–C) groups is 1. The number of fused-ring (bicyclic) bond motifs is 4. The maximum atomic E-state index is 13.3. The topological polar surface area (TPSA) is 131 Å². The molecular formula is C44H44ClN9O3S. The fourth-order valence-corrected chi connectivity index (χ4v) is 10.1. The average Bonchev–Trinajstić information content (AvgIpc) is 3.97. The van der Waals surface area contributed by atoms with Gasteiger partial charge in [-0.3, -0.25) is 33.9 Å². The number of imide groups is 1. The number of likely N-dealkylation sites (tertiary alicyclic amines) is 1. The Hall–Kier alpha value is -5.42. The molecule has 2 fully saturated rings. The van der Waals surface area contributed by atoms with Gasteiger partial charge in [0.1, 0.15) is 23.4 Å². The summed E-state index contributed by atoms with van der Waals surface area (Å²) < 4.78 is 4.10. The molecule has 0 saturated carbocycles. The van der Waals surface area contributed by atoms with Crippen LogP contribution in [0.3, 0.4) is 0 Å². The van der Waals surface area contributed by atoms with E-state index in [1.54, 1.807) is 16.2 Å². The normalized spacial score (nSPS) is 18.3. The highest BCUT2D eigenvalue weighted by molar-refractivity contribution is 7.15. The molecule has 296 valence electrons. The second-order valence-corrected chi connectivity index (χ2v) is 17.1. The first-order valence-corrected chi connectivity index (χ1v) is 21.3. The van der Waals surface area contributed by atoms with Crippen molar-refractivity contribution >= 4 is 46.4 Å². The van der Waals surface area contributed by atoms with Crippen molar-refractivity contribution in [3.05, 3.63) is 115 Å². The van der Waals surface area contributed by atoms with Gasteiger partial charge in [-0.25, -0.2) is 0 Å². The molecule has 7 heterocycles. The third-order valence-electron chi connectivity index (χ3n) is 11.9. The van der Waals surface area contributed by atoms with Gasteiger partial charge in [0.15, 0.2) is 5.82 Å². The molecule has 2 aromatic carbocycles. The predicted octanol–water partition coefficient (Wildman–Crippen LogP) is 6.04. The molecule has 4 aliphatic rings. The number of unbranched alkanes of at least 4 members (excludes halogenated alkanes) is 1. The number of rotatable bonds is 9. The number of carbonyl (C=O) groups excluding carboxylic acids is 3. The summed E-state index contributed by atoms with van der Waals surface area (Å²) in [5.41, 5.74) is 7.88.